The van der Waals surface area contributed by atoms with E-state index in [1.54, 1.807) is 0 Å². The molecule has 1 aromatic carbocycles. The number of nitrogens with two attached hydrogens (primary N) is 1. The first-order valence-electron chi connectivity index (χ1n) is 5.77. The van der Waals surface area contributed by atoms with Crippen LogP contribution in [-0.4, -0.2) is 26.6 Å². The number of rotatable bonds is 5. The van der Waals surface area contributed by atoms with E-state index in [0.29, 0.717) is 12.2 Å². The molecule has 0 aliphatic heterocycles. The number of hydrogen-bond donors (Lipinski definition) is 2. The van der Waals surface area contributed by atoms with Crippen molar-refractivity contribution in [2.45, 2.75) is 18.7 Å². The van der Waals surface area contributed by atoms with Gasteiger partial charge in [-0.15, -0.1) is 0 Å². The van der Waals surface area contributed by atoms with Gasteiger partial charge in [-0.25, -0.2) is 8.42 Å². The van der Waals surface area contributed by atoms with Crippen LogP contribution < -0.4 is 11.1 Å². The Labute approximate surface area is 118 Å². The Hall–Kier alpha value is -1.27. The number of carbonyl (C=O) groups excluding carboxylic acids is 1. The number of benzene rings is 1. The number of hydrogen-bond acceptors (Lipinski definition) is 4. The van der Waals surface area contributed by atoms with E-state index < -0.39 is 21.5 Å². The smallest absolute Gasteiger partial charge is 0.235 e. The van der Waals surface area contributed by atoms with Crippen LogP contribution in [0.15, 0.2) is 23.1 Å². The molecular formula is C12H17ClN2O3S. The van der Waals surface area contributed by atoms with Crippen LogP contribution in [0.25, 0.3) is 0 Å². The van der Waals surface area contributed by atoms with E-state index in [0.717, 1.165) is 0 Å². The predicted molar refractivity (Wildman–Crippen MR) is 75.8 cm³/mol. The van der Waals surface area contributed by atoms with Crippen LogP contribution in [0.2, 0.25) is 5.02 Å². The Morgan fingerprint density at radius 1 is 1.42 bits per heavy atom. The molecule has 5 nitrogen and oxygen atoms in total. The monoisotopic (exact) mass is 304 g/mol. The molecule has 0 aliphatic carbocycles. The number of sulfone groups is 1. The molecule has 0 bridgehead atoms. The zero-order valence-corrected chi connectivity index (χ0v) is 12.4. The number of nitrogens with one attached hydrogen (secondary N) is 1. The first-order valence-corrected chi connectivity index (χ1v) is 7.80. The standard InChI is InChI=1S/C12H17ClN2O3S/c1-8(2)6-15-12(16)7-19(17,18)11-4-3-9(14)5-10(11)13/h3-5,8H,6-7,14H2,1-2H3,(H,15,16). The minimum Gasteiger partial charge on any atom is -0.399 e. The van der Waals surface area contributed by atoms with Crippen LogP contribution in [0.4, 0.5) is 5.69 Å². The van der Waals surface area contributed by atoms with Gasteiger partial charge in [-0.05, 0) is 24.1 Å². The third-order valence-electron chi connectivity index (χ3n) is 2.32. The summed E-state index contributed by atoms with van der Waals surface area (Å²) < 4.78 is 24.1. The van der Waals surface area contributed by atoms with Crippen molar-refractivity contribution in [2.24, 2.45) is 5.92 Å². The van der Waals surface area contributed by atoms with Gasteiger partial charge in [0.25, 0.3) is 0 Å². The number of carbonyl (C=O) groups is 1. The molecule has 7 heteroatoms. The summed E-state index contributed by atoms with van der Waals surface area (Å²) in [5.41, 5.74) is 5.86. The van der Waals surface area contributed by atoms with Crippen LogP contribution in [0.3, 0.4) is 0 Å². The Kier molecular flexibility index (Phi) is 5.20. The Balaban J connectivity index is 2.84. The molecule has 0 aromatic heterocycles. The molecule has 1 rings (SSSR count). The van der Waals surface area contributed by atoms with E-state index in [9.17, 15) is 13.2 Å². The quantitative estimate of drug-likeness (QED) is 0.806. The van der Waals surface area contributed by atoms with Crippen molar-refractivity contribution in [2.75, 3.05) is 18.0 Å². The number of anilines is 1. The van der Waals surface area contributed by atoms with Crippen molar-refractivity contribution in [1.82, 2.24) is 5.32 Å². The third kappa shape index (κ3) is 4.72. The van der Waals surface area contributed by atoms with Gasteiger partial charge < -0.3 is 11.1 Å². The predicted octanol–water partition coefficient (Wildman–Crippen LogP) is 1.47. The van der Waals surface area contributed by atoms with Gasteiger partial charge in [0, 0.05) is 12.2 Å². The Morgan fingerprint density at radius 3 is 2.58 bits per heavy atom. The average Bonchev–Trinajstić information content (AvgIpc) is 2.25. The van der Waals surface area contributed by atoms with Gasteiger partial charge in [-0.1, -0.05) is 25.4 Å². The van der Waals surface area contributed by atoms with Gasteiger partial charge in [-0.3, -0.25) is 4.79 Å². The first-order chi connectivity index (χ1) is 8.72. The van der Waals surface area contributed by atoms with Crippen molar-refractivity contribution >= 4 is 33.0 Å². The van der Waals surface area contributed by atoms with Gasteiger partial charge in [0.15, 0.2) is 9.84 Å². The Morgan fingerprint density at radius 2 is 2.05 bits per heavy atom. The molecule has 0 unspecified atom stereocenters. The summed E-state index contributed by atoms with van der Waals surface area (Å²) >= 11 is 5.83. The molecule has 0 radical (unpaired) electrons. The topological polar surface area (TPSA) is 89.3 Å². The minimum atomic E-state index is -3.75. The summed E-state index contributed by atoms with van der Waals surface area (Å²) in [5.74, 6) is -0.906. The van der Waals surface area contributed by atoms with E-state index in [4.69, 9.17) is 17.3 Å². The number of nitrogen functional groups attached to an aromatic ring is 1. The molecule has 106 valence electrons. The maximum atomic E-state index is 12.0. The van der Waals surface area contributed by atoms with Crippen molar-refractivity contribution in [1.29, 1.82) is 0 Å². The van der Waals surface area contributed by atoms with Crippen molar-refractivity contribution in [3.63, 3.8) is 0 Å². The maximum absolute atomic E-state index is 12.0. The molecule has 1 aromatic rings. The summed E-state index contributed by atoms with van der Waals surface area (Å²) in [4.78, 5) is 11.5. The molecule has 0 aliphatic rings. The lowest BCUT2D eigenvalue weighted by molar-refractivity contribution is -0.118. The summed E-state index contributed by atoms with van der Waals surface area (Å²) in [7, 11) is -3.75. The number of amides is 1. The molecule has 0 atom stereocenters. The summed E-state index contributed by atoms with van der Waals surface area (Å²) in [6, 6.07) is 4.09. The summed E-state index contributed by atoms with van der Waals surface area (Å²) in [6.07, 6.45) is 0. The van der Waals surface area contributed by atoms with Crippen LogP contribution in [0.1, 0.15) is 13.8 Å². The summed E-state index contributed by atoms with van der Waals surface area (Å²) in [5, 5.41) is 2.58. The van der Waals surface area contributed by atoms with E-state index in [2.05, 4.69) is 5.32 Å². The highest BCUT2D eigenvalue weighted by Crippen LogP contribution is 2.24. The fourth-order valence-corrected chi connectivity index (χ4v) is 3.16. The molecule has 0 saturated carbocycles. The van der Waals surface area contributed by atoms with Crippen LogP contribution in [0, 0.1) is 5.92 Å². The molecular weight excluding hydrogens is 288 g/mol. The van der Waals surface area contributed by atoms with Crippen molar-refractivity contribution < 1.29 is 13.2 Å². The van der Waals surface area contributed by atoms with Gasteiger partial charge in [0.05, 0.1) is 9.92 Å². The highest BCUT2D eigenvalue weighted by Gasteiger charge is 2.22. The zero-order valence-electron chi connectivity index (χ0n) is 10.8. The highest BCUT2D eigenvalue weighted by molar-refractivity contribution is 7.92. The normalized spacial score (nSPS) is 11.6. The number of halogens is 1. The van der Waals surface area contributed by atoms with Gasteiger partial charge in [-0.2, -0.15) is 0 Å². The lowest BCUT2D eigenvalue weighted by atomic mass is 10.2. The average molecular weight is 305 g/mol. The lowest BCUT2D eigenvalue weighted by Gasteiger charge is -2.09. The summed E-state index contributed by atoms with van der Waals surface area (Å²) in [6.45, 7) is 4.28. The SMILES string of the molecule is CC(C)CNC(=O)CS(=O)(=O)c1ccc(N)cc1Cl. The van der Waals surface area contributed by atoms with Crippen molar-refractivity contribution in [3.05, 3.63) is 23.2 Å². The van der Waals surface area contributed by atoms with E-state index in [1.807, 2.05) is 13.8 Å². The van der Waals surface area contributed by atoms with E-state index in [-0.39, 0.29) is 15.8 Å². The largest absolute Gasteiger partial charge is 0.399 e. The van der Waals surface area contributed by atoms with Gasteiger partial charge in [0.1, 0.15) is 5.75 Å². The van der Waals surface area contributed by atoms with Gasteiger partial charge in [0.2, 0.25) is 5.91 Å². The fraction of sp³-hybridized carbons (Fsp3) is 0.417. The van der Waals surface area contributed by atoms with Gasteiger partial charge >= 0.3 is 0 Å². The van der Waals surface area contributed by atoms with Crippen LogP contribution in [0.5, 0.6) is 0 Å². The second kappa shape index (κ2) is 6.25. The Bertz CT molecular complexity index is 570. The van der Waals surface area contributed by atoms with Crippen LogP contribution >= 0.6 is 11.6 Å². The maximum Gasteiger partial charge on any atom is 0.235 e. The van der Waals surface area contributed by atoms with Crippen molar-refractivity contribution in [3.8, 4) is 0 Å². The van der Waals surface area contributed by atoms with E-state index in [1.165, 1.54) is 18.2 Å². The molecule has 3 N–H and O–H groups in total. The zero-order chi connectivity index (χ0) is 14.6. The molecule has 0 heterocycles. The molecule has 0 spiro atoms. The molecule has 1 amide bonds. The molecule has 0 fully saturated rings. The van der Waals surface area contributed by atoms with E-state index >= 15 is 0 Å². The first kappa shape index (κ1) is 15.8. The lowest BCUT2D eigenvalue weighted by Crippen LogP contribution is -2.32. The van der Waals surface area contributed by atoms with Crippen LogP contribution in [-0.2, 0) is 14.6 Å². The second-order valence-electron chi connectivity index (χ2n) is 4.65. The highest BCUT2D eigenvalue weighted by atomic mass is 35.5. The fourth-order valence-electron chi connectivity index (χ4n) is 1.39. The second-order valence-corrected chi connectivity index (χ2v) is 7.01. The minimum absolute atomic E-state index is 0.0247. The molecule has 0 saturated heterocycles. The third-order valence-corrected chi connectivity index (χ3v) is 4.41. The molecule has 19 heavy (non-hydrogen) atoms.